The van der Waals surface area contributed by atoms with Gasteiger partial charge >= 0.3 is 0 Å². The van der Waals surface area contributed by atoms with E-state index in [0.717, 1.165) is 24.3 Å². The van der Waals surface area contributed by atoms with Crippen molar-refractivity contribution in [2.75, 3.05) is 26.7 Å². The number of nitrogens with one attached hydrogen (secondary N) is 1. The highest BCUT2D eigenvalue weighted by atomic mass is 15.3. The largest absolute Gasteiger partial charge is 0.356 e. The molecule has 0 aromatic rings. The Morgan fingerprint density at radius 2 is 1.88 bits per heavy atom. The Morgan fingerprint density at radius 1 is 1.25 bits per heavy atom. The molecule has 0 spiro atoms. The highest BCUT2D eigenvalue weighted by Crippen LogP contribution is 2.35. The fraction of sp³-hybridized carbons (Fsp3) is 0.923. The van der Waals surface area contributed by atoms with Gasteiger partial charge in [-0.1, -0.05) is 19.8 Å². The summed E-state index contributed by atoms with van der Waals surface area (Å²) in [6.45, 7) is 5.70. The third kappa shape index (κ3) is 2.50. The molecule has 3 heteroatoms. The van der Waals surface area contributed by atoms with E-state index in [0.29, 0.717) is 0 Å². The highest BCUT2D eigenvalue weighted by Gasteiger charge is 2.35. The smallest absolute Gasteiger partial charge is 0.193 e. The van der Waals surface area contributed by atoms with E-state index < -0.39 is 0 Å². The molecule has 0 aromatic heterocycles. The fourth-order valence-electron chi connectivity index (χ4n) is 3.15. The topological polar surface area (TPSA) is 27.6 Å². The summed E-state index contributed by atoms with van der Waals surface area (Å²) in [5.74, 6) is 3.00. The van der Waals surface area contributed by atoms with E-state index in [1.54, 1.807) is 0 Å². The molecule has 16 heavy (non-hydrogen) atoms. The Balaban J connectivity index is 1.90. The van der Waals surface area contributed by atoms with Crippen LogP contribution in [0.3, 0.4) is 0 Å². The van der Waals surface area contributed by atoms with E-state index in [9.17, 15) is 0 Å². The van der Waals surface area contributed by atoms with E-state index in [1.807, 2.05) is 7.05 Å². The lowest BCUT2D eigenvalue weighted by Crippen LogP contribution is -2.40. The highest BCUT2D eigenvalue weighted by molar-refractivity contribution is 5.80. The number of hydrogen-bond donors (Lipinski definition) is 1. The molecular weight excluding hydrogens is 198 g/mol. The Kier molecular flexibility index (Phi) is 4.08. The summed E-state index contributed by atoms with van der Waals surface area (Å²) in [5, 5.41) is 3.45. The second-order valence-electron chi connectivity index (χ2n) is 5.18. The summed E-state index contributed by atoms with van der Waals surface area (Å²) < 4.78 is 0. The Morgan fingerprint density at radius 3 is 2.38 bits per heavy atom. The maximum absolute atomic E-state index is 4.40. The predicted octanol–water partition coefficient (Wildman–Crippen LogP) is 2.09. The van der Waals surface area contributed by atoms with Gasteiger partial charge in [-0.05, 0) is 31.1 Å². The third-order valence-corrected chi connectivity index (χ3v) is 4.02. The Hall–Kier alpha value is -0.730. The van der Waals surface area contributed by atoms with Crippen LogP contribution >= 0.6 is 0 Å². The Bertz CT molecular complexity index is 236. The summed E-state index contributed by atoms with van der Waals surface area (Å²) in [4.78, 5) is 6.87. The van der Waals surface area contributed by atoms with Crippen LogP contribution < -0.4 is 5.32 Å². The van der Waals surface area contributed by atoms with Crippen molar-refractivity contribution in [2.45, 2.75) is 39.0 Å². The number of likely N-dealkylation sites (tertiary alicyclic amines) is 1. The molecule has 2 rings (SSSR count). The van der Waals surface area contributed by atoms with E-state index >= 15 is 0 Å². The standard InChI is InChI=1S/C13H25N3/c1-3-8-15-13(14-2)16-9-11-6-4-5-7-12(11)10-16/h11-12H,3-10H2,1-2H3,(H,14,15). The summed E-state index contributed by atoms with van der Waals surface area (Å²) in [7, 11) is 1.90. The monoisotopic (exact) mass is 223 g/mol. The molecule has 2 unspecified atom stereocenters. The van der Waals surface area contributed by atoms with Gasteiger partial charge in [-0.3, -0.25) is 4.99 Å². The molecule has 2 fully saturated rings. The first-order valence-corrected chi connectivity index (χ1v) is 6.80. The van der Waals surface area contributed by atoms with Crippen LogP contribution in [0.4, 0.5) is 0 Å². The summed E-state index contributed by atoms with van der Waals surface area (Å²) in [6.07, 6.45) is 6.92. The maximum Gasteiger partial charge on any atom is 0.193 e. The minimum atomic E-state index is 0.939. The lowest BCUT2D eigenvalue weighted by molar-refractivity contribution is 0.299. The average molecular weight is 223 g/mol. The number of rotatable bonds is 2. The predicted molar refractivity (Wildman–Crippen MR) is 68.7 cm³/mol. The maximum atomic E-state index is 4.40. The summed E-state index contributed by atoms with van der Waals surface area (Å²) >= 11 is 0. The van der Waals surface area contributed by atoms with Crippen molar-refractivity contribution < 1.29 is 0 Å². The molecule has 92 valence electrons. The second kappa shape index (κ2) is 5.55. The molecule has 1 saturated carbocycles. The van der Waals surface area contributed by atoms with Crippen LogP contribution in [0.5, 0.6) is 0 Å². The van der Waals surface area contributed by atoms with Gasteiger partial charge in [0.05, 0.1) is 0 Å². The average Bonchev–Trinajstić information content (AvgIpc) is 2.73. The first kappa shape index (κ1) is 11.7. The van der Waals surface area contributed by atoms with Crippen LogP contribution in [0.2, 0.25) is 0 Å². The lowest BCUT2D eigenvalue weighted by Gasteiger charge is -2.22. The van der Waals surface area contributed by atoms with Gasteiger partial charge in [-0.2, -0.15) is 0 Å². The molecule has 2 aliphatic rings. The van der Waals surface area contributed by atoms with Crippen LogP contribution in [-0.4, -0.2) is 37.5 Å². The minimum Gasteiger partial charge on any atom is -0.356 e. The normalized spacial score (nSPS) is 30.4. The first-order chi connectivity index (χ1) is 7.85. The molecular formula is C13H25N3. The zero-order chi connectivity index (χ0) is 11.4. The van der Waals surface area contributed by atoms with Gasteiger partial charge in [0.1, 0.15) is 0 Å². The molecule has 2 atom stereocenters. The van der Waals surface area contributed by atoms with Crippen molar-refractivity contribution in [3.05, 3.63) is 0 Å². The number of hydrogen-bond acceptors (Lipinski definition) is 1. The van der Waals surface area contributed by atoms with Crippen molar-refractivity contribution >= 4 is 5.96 Å². The van der Waals surface area contributed by atoms with Gasteiger partial charge in [0.25, 0.3) is 0 Å². The van der Waals surface area contributed by atoms with Crippen LogP contribution in [0, 0.1) is 11.8 Å². The number of nitrogens with zero attached hydrogens (tertiary/aromatic N) is 2. The van der Waals surface area contributed by atoms with Crippen molar-refractivity contribution in [1.82, 2.24) is 10.2 Å². The van der Waals surface area contributed by atoms with Crippen molar-refractivity contribution in [3.63, 3.8) is 0 Å². The van der Waals surface area contributed by atoms with Crippen LogP contribution in [-0.2, 0) is 0 Å². The molecule has 0 radical (unpaired) electrons. The molecule has 0 aromatic carbocycles. The molecule has 1 saturated heterocycles. The molecule has 1 heterocycles. The van der Waals surface area contributed by atoms with E-state index in [-0.39, 0.29) is 0 Å². The quantitative estimate of drug-likeness (QED) is 0.573. The van der Waals surface area contributed by atoms with Crippen molar-refractivity contribution in [3.8, 4) is 0 Å². The second-order valence-corrected chi connectivity index (χ2v) is 5.18. The van der Waals surface area contributed by atoms with Gasteiger partial charge in [-0.15, -0.1) is 0 Å². The SMILES string of the molecule is CCCNC(=NC)N1CC2CCCCC2C1. The first-order valence-electron chi connectivity index (χ1n) is 6.80. The number of guanidine groups is 1. The molecule has 0 bridgehead atoms. The molecule has 0 amide bonds. The summed E-state index contributed by atoms with van der Waals surface area (Å²) in [5.41, 5.74) is 0. The van der Waals surface area contributed by atoms with Crippen molar-refractivity contribution in [2.24, 2.45) is 16.8 Å². The van der Waals surface area contributed by atoms with Gasteiger partial charge in [0.2, 0.25) is 0 Å². The molecule has 3 nitrogen and oxygen atoms in total. The molecule has 1 N–H and O–H groups in total. The van der Waals surface area contributed by atoms with Gasteiger partial charge in [-0.25, -0.2) is 0 Å². The number of aliphatic imine (C=N–C) groups is 1. The van der Waals surface area contributed by atoms with Gasteiger partial charge < -0.3 is 10.2 Å². The van der Waals surface area contributed by atoms with Gasteiger partial charge in [0.15, 0.2) is 5.96 Å². The minimum absolute atomic E-state index is 0.939. The van der Waals surface area contributed by atoms with Crippen LogP contribution in [0.15, 0.2) is 4.99 Å². The third-order valence-electron chi connectivity index (χ3n) is 4.02. The molecule has 1 aliphatic carbocycles. The lowest BCUT2D eigenvalue weighted by atomic mass is 9.82. The fourth-order valence-corrected chi connectivity index (χ4v) is 3.15. The Labute approximate surface area is 99.3 Å². The summed E-state index contributed by atoms with van der Waals surface area (Å²) in [6, 6.07) is 0. The van der Waals surface area contributed by atoms with Crippen LogP contribution in [0.1, 0.15) is 39.0 Å². The zero-order valence-corrected chi connectivity index (χ0v) is 10.7. The number of fused-ring (bicyclic) bond motifs is 1. The van der Waals surface area contributed by atoms with Crippen LogP contribution in [0.25, 0.3) is 0 Å². The van der Waals surface area contributed by atoms with Gasteiger partial charge in [0, 0.05) is 26.7 Å². The van der Waals surface area contributed by atoms with Crippen molar-refractivity contribution in [1.29, 1.82) is 0 Å². The van der Waals surface area contributed by atoms with E-state index in [4.69, 9.17) is 0 Å². The molecule has 1 aliphatic heterocycles. The zero-order valence-electron chi connectivity index (χ0n) is 10.7. The van der Waals surface area contributed by atoms with E-state index in [2.05, 4.69) is 22.1 Å². The van der Waals surface area contributed by atoms with E-state index in [1.165, 1.54) is 45.2 Å².